The first-order valence-corrected chi connectivity index (χ1v) is 10.1. The van der Waals surface area contributed by atoms with Gasteiger partial charge < -0.3 is 10.2 Å². The third kappa shape index (κ3) is 5.81. The van der Waals surface area contributed by atoms with Gasteiger partial charge in [-0.05, 0) is 55.7 Å². The first-order chi connectivity index (χ1) is 13.1. The molecule has 0 radical (unpaired) electrons. The van der Waals surface area contributed by atoms with Crippen LogP contribution in [0.4, 0.5) is 0 Å². The van der Waals surface area contributed by atoms with Crippen LogP contribution in [0.15, 0.2) is 58.7 Å². The van der Waals surface area contributed by atoms with Gasteiger partial charge in [0.25, 0.3) is 0 Å². The number of allylic oxidation sites excluding steroid dienone is 6. The Hall–Kier alpha value is -2.36. The van der Waals surface area contributed by atoms with Gasteiger partial charge in [0.15, 0.2) is 0 Å². The molecule has 3 rings (SSSR count). The van der Waals surface area contributed by atoms with Gasteiger partial charge >= 0.3 is 0 Å². The number of fused-ring (bicyclic) bond motifs is 1. The van der Waals surface area contributed by atoms with Crippen molar-refractivity contribution in [2.45, 2.75) is 51.9 Å². The molecule has 4 nitrogen and oxygen atoms in total. The molecule has 0 atom stereocenters. The molecular formula is C23H30N2O2. The van der Waals surface area contributed by atoms with Crippen LogP contribution in [0.3, 0.4) is 0 Å². The highest BCUT2D eigenvalue weighted by Crippen LogP contribution is 2.25. The van der Waals surface area contributed by atoms with Gasteiger partial charge in [-0.2, -0.15) is 0 Å². The Morgan fingerprint density at radius 3 is 2.93 bits per heavy atom. The van der Waals surface area contributed by atoms with Crippen molar-refractivity contribution in [2.24, 2.45) is 0 Å². The van der Waals surface area contributed by atoms with Crippen molar-refractivity contribution < 1.29 is 9.59 Å². The largest absolute Gasteiger partial charge is 0.352 e. The summed E-state index contributed by atoms with van der Waals surface area (Å²) in [6.45, 7) is 4.11. The molecule has 0 saturated carbocycles. The fourth-order valence-corrected chi connectivity index (χ4v) is 3.79. The Balaban J connectivity index is 1.43. The Bertz CT molecular complexity index is 737. The predicted octanol–water partition coefficient (Wildman–Crippen LogP) is 3.98. The first kappa shape index (κ1) is 19.4. The highest BCUT2D eigenvalue weighted by molar-refractivity contribution is 5.84. The zero-order valence-corrected chi connectivity index (χ0v) is 16.3. The quantitative estimate of drug-likeness (QED) is 0.800. The van der Waals surface area contributed by atoms with E-state index < -0.39 is 0 Å². The van der Waals surface area contributed by atoms with E-state index in [0.29, 0.717) is 13.1 Å². The van der Waals surface area contributed by atoms with E-state index in [1.54, 1.807) is 0 Å². The van der Waals surface area contributed by atoms with Crippen molar-refractivity contribution in [1.82, 2.24) is 10.2 Å². The van der Waals surface area contributed by atoms with Gasteiger partial charge in [0.2, 0.25) is 11.8 Å². The number of piperidine rings is 1. The summed E-state index contributed by atoms with van der Waals surface area (Å²) < 4.78 is 0. The van der Waals surface area contributed by atoms with E-state index in [2.05, 4.69) is 48.7 Å². The van der Waals surface area contributed by atoms with Crippen LogP contribution < -0.4 is 5.32 Å². The average Bonchev–Trinajstić information content (AvgIpc) is 3.03. The van der Waals surface area contributed by atoms with Crippen LogP contribution in [0.25, 0.3) is 0 Å². The lowest BCUT2D eigenvalue weighted by atomic mass is 9.97. The minimum Gasteiger partial charge on any atom is -0.352 e. The molecule has 0 spiro atoms. The lowest BCUT2D eigenvalue weighted by Gasteiger charge is -2.30. The molecule has 0 unspecified atom stereocenters. The average molecular weight is 367 g/mol. The van der Waals surface area contributed by atoms with Crippen LogP contribution in [0.2, 0.25) is 0 Å². The number of carbonyl (C=O) groups is 2. The van der Waals surface area contributed by atoms with E-state index in [4.69, 9.17) is 0 Å². The van der Waals surface area contributed by atoms with Crippen molar-refractivity contribution in [1.29, 1.82) is 0 Å². The van der Waals surface area contributed by atoms with Crippen LogP contribution in [-0.2, 0) is 9.59 Å². The Morgan fingerprint density at radius 2 is 2.04 bits per heavy atom. The Kier molecular flexibility index (Phi) is 6.86. The second-order valence-electron chi connectivity index (χ2n) is 7.59. The van der Waals surface area contributed by atoms with E-state index in [0.717, 1.165) is 32.2 Å². The smallest absolute Gasteiger partial charge is 0.223 e. The maximum atomic E-state index is 12.5. The van der Waals surface area contributed by atoms with Gasteiger partial charge in [-0.15, -0.1) is 0 Å². The summed E-state index contributed by atoms with van der Waals surface area (Å²) in [6, 6.07) is 0. The van der Waals surface area contributed by atoms with Crippen molar-refractivity contribution in [3.05, 3.63) is 58.7 Å². The maximum Gasteiger partial charge on any atom is 0.223 e. The summed E-state index contributed by atoms with van der Waals surface area (Å²) in [5.74, 6) is 0.0245. The number of amides is 2. The molecule has 4 heteroatoms. The van der Waals surface area contributed by atoms with E-state index >= 15 is 0 Å². The number of carbonyl (C=O) groups excluding carboxylic acids is 2. The molecule has 3 aliphatic rings. The first-order valence-electron chi connectivity index (χ1n) is 10.1. The number of rotatable bonds is 5. The molecule has 0 aromatic carbocycles. The minimum absolute atomic E-state index is 0.0474. The van der Waals surface area contributed by atoms with Gasteiger partial charge in [-0.1, -0.05) is 42.0 Å². The number of hydrogen-bond acceptors (Lipinski definition) is 2. The van der Waals surface area contributed by atoms with Crippen LogP contribution in [0, 0.1) is 0 Å². The van der Waals surface area contributed by atoms with Gasteiger partial charge in [0.05, 0.1) is 0 Å². The van der Waals surface area contributed by atoms with E-state index in [9.17, 15) is 9.59 Å². The number of hydrogen-bond donors (Lipinski definition) is 1. The molecule has 2 aliphatic carbocycles. The second kappa shape index (κ2) is 9.54. The molecule has 1 heterocycles. The van der Waals surface area contributed by atoms with Gasteiger partial charge in [-0.3, -0.25) is 9.59 Å². The molecule has 1 fully saturated rings. The summed E-state index contributed by atoms with van der Waals surface area (Å²) in [4.78, 5) is 26.6. The van der Waals surface area contributed by atoms with Crippen molar-refractivity contribution in [2.75, 3.05) is 19.6 Å². The lowest BCUT2D eigenvalue weighted by Crippen LogP contribution is -2.38. The van der Waals surface area contributed by atoms with Crippen molar-refractivity contribution in [3.63, 3.8) is 0 Å². The molecule has 144 valence electrons. The Morgan fingerprint density at radius 1 is 1.15 bits per heavy atom. The second-order valence-corrected chi connectivity index (χ2v) is 7.59. The maximum absolute atomic E-state index is 12.5. The summed E-state index contributed by atoms with van der Waals surface area (Å²) in [7, 11) is 0. The van der Waals surface area contributed by atoms with E-state index in [1.807, 2.05) is 4.90 Å². The third-order valence-corrected chi connectivity index (χ3v) is 5.38. The molecule has 1 aliphatic heterocycles. The molecule has 1 saturated heterocycles. The SMILES string of the molecule is CC1=CC(CNC(=O)CCC(=O)N2CCC3=CCC=CC=C3C2)=CCCC1. The molecular weight excluding hydrogens is 336 g/mol. The van der Waals surface area contributed by atoms with Gasteiger partial charge in [0.1, 0.15) is 0 Å². The number of nitrogens with zero attached hydrogens (tertiary/aromatic N) is 1. The highest BCUT2D eigenvalue weighted by Gasteiger charge is 2.22. The fourth-order valence-electron chi connectivity index (χ4n) is 3.79. The van der Waals surface area contributed by atoms with Crippen molar-refractivity contribution in [3.8, 4) is 0 Å². The fraction of sp³-hybridized carbons (Fsp3) is 0.478. The van der Waals surface area contributed by atoms with Gasteiger partial charge in [0, 0.05) is 32.5 Å². The normalized spacial score (nSPS) is 19.7. The van der Waals surface area contributed by atoms with Crippen molar-refractivity contribution >= 4 is 11.8 Å². The van der Waals surface area contributed by atoms with Crippen LogP contribution >= 0.6 is 0 Å². The van der Waals surface area contributed by atoms with Crippen LogP contribution in [-0.4, -0.2) is 36.3 Å². The summed E-state index contributed by atoms with van der Waals surface area (Å²) in [6.07, 6.45) is 18.7. The molecule has 2 amide bonds. The van der Waals surface area contributed by atoms with Gasteiger partial charge in [-0.25, -0.2) is 0 Å². The third-order valence-electron chi connectivity index (χ3n) is 5.38. The van der Waals surface area contributed by atoms with Crippen LogP contribution in [0.5, 0.6) is 0 Å². The van der Waals surface area contributed by atoms with Crippen LogP contribution in [0.1, 0.15) is 51.9 Å². The van der Waals surface area contributed by atoms with E-state index in [1.165, 1.54) is 28.7 Å². The standard InChI is InChI=1S/C23H30N2O2/c1-18-7-5-6-8-19(15-18)16-24-22(26)11-12-23(27)25-14-13-20-9-3-2-4-10-21(20)17-25/h2,4,8-10,15H,3,5-7,11-14,16-17H2,1H3,(H,24,26). The predicted molar refractivity (Wildman–Crippen MR) is 109 cm³/mol. The number of nitrogens with one attached hydrogen (secondary N) is 1. The highest BCUT2D eigenvalue weighted by atomic mass is 16.2. The van der Waals surface area contributed by atoms with E-state index in [-0.39, 0.29) is 24.7 Å². The topological polar surface area (TPSA) is 49.4 Å². The summed E-state index contributed by atoms with van der Waals surface area (Å²) >= 11 is 0. The zero-order chi connectivity index (χ0) is 19.1. The summed E-state index contributed by atoms with van der Waals surface area (Å²) in [5.41, 5.74) is 5.13. The monoisotopic (exact) mass is 366 g/mol. The minimum atomic E-state index is -0.0474. The molecule has 0 aromatic heterocycles. The molecule has 27 heavy (non-hydrogen) atoms. The molecule has 1 N–H and O–H groups in total. The number of likely N-dealkylation sites (tertiary alicyclic amines) is 1. The lowest BCUT2D eigenvalue weighted by molar-refractivity contribution is -0.133. The molecule has 0 aromatic rings. The zero-order valence-electron chi connectivity index (χ0n) is 16.3. The Labute approximate surface area is 162 Å². The molecule has 0 bridgehead atoms. The summed E-state index contributed by atoms with van der Waals surface area (Å²) in [5, 5.41) is 2.96.